The molecule has 0 saturated carbocycles. The fraction of sp³-hybridized carbons (Fsp3) is 0.158. The highest BCUT2D eigenvalue weighted by molar-refractivity contribution is 14.1. The van der Waals surface area contributed by atoms with Crippen molar-refractivity contribution in [2.75, 3.05) is 5.32 Å². The highest BCUT2D eigenvalue weighted by Gasteiger charge is 2.18. The van der Waals surface area contributed by atoms with Crippen LogP contribution in [0.15, 0.2) is 47.3 Å². The summed E-state index contributed by atoms with van der Waals surface area (Å²) in [5, 5.41) is 3.99. The number of pyridine rings is 1. The van der Waals surface area contributed by atoms with E-state index in [9.17, 15) is 9.59 Å². The summed E-state index contributed by atoms with van der Waals surface area (Å²) in [6.07, 6.45) is 2.83. The van der Waals surface area contributed by atoms with E-state index in [-0.39, 0.29) is 11.5 Å². The van der Waals surface area contributed by atoms with Crippen molar-refractivity contribution in [1.29, 1.82) is 0 Å². The monoisotopic (exact) mass is 430 g/mol. The van der Waals surface area contributed by atoms with Crippen LogP contribution in [0.2, 0.25) is 0 Å². The third kappa shape index (κ3) is 2.62. The highest BCUT2D eigenvalue weighted by atomic mass is 127. The Morgan fingerprint density at radius 2 is 1.88 bits per heavy atom. The number of anilines is 1. The number of carbonyl (C=O) groups excluding carboxylic acids is 1. The maximum atomic E-state index is 12.4. The van der Waals surface area contributed by atoms with Crippen LogP contribution < -0.4 is 10.9 Å². The Kier molecular flexibility index (Phi) is 3.88. The predicted octanol–water partition coefficient (Wildman–Crippen LogP) is 3.87. The Bertz CT molecular complexity index is 1020. The molecule has 0 atom stereocenters. The zero-order chi connectivity index (χ0) is 16.7. The summed E-state index contributed by atoms with van der Waals surface area (Å²) in [6.45, 7) is 0. The largest absolute Gasteiger partial charge is 0.322 e. The van der Waals surface area contributed by atoms with E-state index < -0.39 is 0 Å². The number of benzene rings is 2. The van der Waals surface area contributed by atoms with Gasteiger partial charge in [-0.05, 0) is 71.7 Å². The second-order valence-electron chi connectivity index (χ2n) is 5.96. The van der Waals surface area contributed by atoms with Crippen molar-refractivity contribution in [2.45, 2.75) is 19.3 Å². The van der Waals surface area contributed by atoms with Crippen LogP contribution in [0.1, 0.15) is 27.9 Å². The van der Waals surface area contributed by atoms with Crippen LogP contribution in [0.3, 0.4) is 0 Å². The highest BCUT2D eigenvalue weighted by Crippen LogP contribution is 2.28. The summed E-state index contributed by atoms with van der Waals surface area (Å²) in [5.41, 5.74) is 4.17. The first-order chi connectivity index (χ1) is 11.6. The number of aromatic amines is 1. The number of rotatable bonds is 2. The van der Waals surface area contributed by atoms with Crippen LogP contribution in [0, 0.1) is 3.57 Å². The molecule has 0 unspecified atom stereocenters. The van der Waals surface area contributed by atoms with Crippen LogP contribution in [-0.2, 0) is 12.8 Å². The van der Waals surface area contributed by atoms with E-state index in [0.29, 0.717) is 11.3 Å². The Hall–Kier alpha value is -2.15. The minimum Gasteiger partial charge on any atom is -0.322 e. The molecule has 5 heteroatoms. The lowest BCUT2D eigenvalue weighted by Crippen LogP contribution is -2.14. The molecule has 120 valence electrons. The maximum Gasteiger partial charge on any atom is 0.256 e. The van der Waals surface area contributed by atoms with Crippen molar-refractivity contribution in [2.24, 2.45) is 0 Å². The summed E-state index contributed by atoms with van der Waals surface area (Å²) in [7, 11) is 0. The van der Waals surface area contributed by atoms with E-state index in [4.69, 9.17) is 0 Å². The van der Waals surface area contributed by atoms with Crippen LogP contribution >= 0.6 is 22.6 Å². The van der Waals surface area contributed by atoms with Gasteiger partial charge in [0.15, 0.2) is 0 Å². The van der Waals surface area contributed by atoms with E-state index in [1.54, 1.807) is 6.07 Å². The maximum absolute atomic E-state index is 12.4. The Balaban J connectivity index is 1.71. The molecule has 1 aromatic heterocycles. The Labute approximate surface area is 152 Å². The Morgan fingerprint density at radius 1 is 1.08 bits per heavy atom. The first kappa shape index (κ1) is 15.4. The molecule has 1 aliphatic rings. The van der Waals surface area contributed by atoms with Crippen LogP contribution in [0.4, 0.5) is 5.69 Å². The number of nitrogens with one attached hydrogen (secondary N) is 2. The van der Waals surface area contributed by atoms with Gasteiger partial charge in [0.05, 0.1) is 11.1 Å². The Morgan fingerprint density at radius 3 is 2.71 bits per heavy atom. The lowest BCUT2D eigenvalue weighted by molar-refractivity contribution is 0.102. The van der Waals surface area contributed by atoms with E-state index in [1.165, 1.54) is 0 Å². The second-order valence-corrected chi connectivity index (χ2v) is 7.12. The van der Waals surface area contributed by atoms with E-state index in [2.05, 4.69) is 32.9 Å². The standard InChI is InChI=1S/C19H15IN2O2/c20-16-7-2-1-4-15(16)19(24)21-11-8-9-13-12-5-3-6-14(12)18(23)22-17(13)10-11/h1-2,4,7-10H,3,5-6H2,(H,21,24)(H,22,23). The van der Waals surface area contributed by atoms with Gasteiger partial charge in [0.2, 0.25) is 0 Å². The van der Waals surface area contributed by atoms with E-state index in [0.717, 1.165) is 44.9 Å². The van der Waals surface area contributed by atoms with Gasteiger partial charge in [-0.15, -0.1) is 0 Å². The molecule has 1 heterocycles. The topological polar surface area (TPSA) is 62.0 Å². The minimum atomic E-state index is -0.150. The van der Waals surface area contributed by atoms with Crippen molar-refractivity contribution in [3.05, 3.63) is 73.1 Å². The molecule has 1 amide bonds. The van der Waals surface area contributed by atoms with E-state index in [1.807, 2.05) is 36.4 Å². The molecule has 0 radical (unpaired) electrons. The van der Waals surface area contributed by atoms with Gasteiger partial charge in [-0.3, -0.25) is 9.59 Å². The molecule has 0 aliphatic heterocycles. The van der Waals surface area contributed by atoms with Crippen LogP contribution in [-0.4, -0.2) is 10.9 Å². The molecule has 3 aromatic rings. The number of aromatic nitrogens is 1. The predicted molar refractivity (Wildman–Crippen MR) is 104 cm³/mol. The van der Waals surface area contributed by atoms with Crippen LogP contribution in [0.25, 0.3) is 10.9 Å². The zero-order valence-electron chi connectivity index (χ0n) is 12.9. The number of hydrogen-bond donors (Lipinski definition) is 2. The molecule has 1 aliphatic carbocycles. The van der Waals surface area contributed by atoms with Gasteiger partial charge in [-0.2, -0.15) is 0 Å². The fourth-order valence-electron chi connectivity index (χ4n) is 3.32. The van der Waals surface area contributed by atoms with Gasteiger partial charge < -0.3 is 10.3 Å². The molecule has 4 nitrogen and oxygen atoms in total. The molecule has 0 spiro atoms. The summed E-state index contributed by atoms with van der Waals surface area (Å²) < 4.78 is 0.902. The van der Waals surface area contributed by atoms with Gasteiger partial charge >= 0.3 is 0 Å². The lowest BCUT2D eigenvalue weighted by Gasteiger charge is -2.10. The first-order valence-corrected chi connectivity index (χ1v) is 8.95. The number of aryl methyl sites for hydroxylation is 1. The molecule has 2 aromatic carbocycles. The fourth-order valence-corrected chi connectivity index (χ4v) is 3.95. The number of fused-ring (bicyclic) bond motifs is 3. The average molecular weight is 430 g/mol. The van der Waals surface area contributed by atoms with Crippen molar-refractivity contribution < 1.29 is 4.79 Å². The minimum absolute atomic E-state index is 0.00363. The normalized spacial score (nSPS) is 13.0. The number of hydrogen-bond acceptors (Lipinski definition) is 2. The second kappa shape index (κ2) is 6.05. The molecule has 0 saturated heterocycles. The SMILES string of the molecule is O=C(Nc1ccc2c3c(c(=O)[nH]c2c1)CCC3)c1ccccc1I. The number of halogens is 1. The van der Waals surface area contributed by atoms with E-state index >= 15 is 0 Å². The summed E-state index contributed by atoms with van der Waals surface area (Å²) in [6, 6.07) is 13.2. The molecule has 24 heavy (non-hydrogen) atoms. The van der Waals surface area contributed by atoms with Crippen LogP contribution in [0.5, 0.6) is 0 Å². The number of amides is 1. The smallest absolute Gasteiger partial charge is 0.256 e. The third-order valence-corrected chi connectivity index (χ3v) is 5.40. The molecule has 0 bridgehead atoms. The summed E-state index contributed by atoms with van der Waals surface area (Å²) in [4.78, 5) is 27.6. The molecular formula is C19H15IN2O2. The first-order valence-electron chi connectivity index (χ1n) is 7.87. The van der Waals surface area contributed by atoms with Gasteiger partial charge in [0.1, 0.15) is 0 Å². The molecule has 2 N–H and O–H groups in total. The third-order valence-electron chi connectivity index (χ3n) is 4.46. The molecule has 4 rings (SSSR count). The van der Waals surface area contributed by atoms with Crippen molar-refractivity contribution in [3.8, 4) is 0 Å². The van der Waals surface area contributed by atoms with Crippen molar-refractivity contribution >= 4 is 45.1 Å². The van der Waals surface area contributed by atoms with Crippen molar-refractivity contribution in [3.63, 3.8) is 0 Å². The van der Waals surface area contributed by atoms with Gasteiger partial charge in [-0.25, -0.2) is 0 Å². The molecular weight excluding hydrogens is 415 g/mol. The van der Waals surface area contributed by atoms with Gasteiger partial charge in [0, 0.05) is 20.2 Å². The van der Waals surface area contributed by atoms with Gasteiger partial charge in [0.25, 0.3) is 11.5 Å². The average Bonchev–Trinajstić information content (AvgIpc) is 3.05. The quantitative estimate of drug-likeness (QED) is 0.607. The number of H-pyrrole nitrogens is 1. The van der Waals surface area contributed by atoms with Crippen molar-refractivity contribution in [1.82, 2.24) is 4.98 Å². The summed E-state index contributed by atoms with van der Waals surface area (Å²) in [5.74, 6) is -0.150. The van der Waals surface area contributed by atoms with Gasteiger partial charge in [-0.1, -0.05) is 18.2 Å². The zero-order valence-corrected chi connectivity index (χ0v) is 15.0. The summed E-state index contributed by atoms with van der Waals surface area (Å²) >= 11 is 2.15. The number of carbonyl (C=O) groups is 1. The lowest BCUT2D eigenvalue weighted by atomic mass is 10.1. The molecule has 0 fully saturated rings.